The van der Waals surface area contributed by atoms with Crippen molar-refractivity contribution in [3.8, 4) is 5.69 Å². The number of nitrogens with zero attached hydrogens (tertiary/aromatic N) is 4. The van der Waals surface area contributed by atoms with E-state index in [1.807, 2.05) is 0 Å². The Labute approximate surface area is 147 Å². The Balaban J connectivity index is 2.05. The molecule has 0 bridgehead atoms. The normalized spacial score (nSPS) is 14.3. The summed E-state index contributed by atoms with van der Waals surface area (Å²) in [5, 5.41) is 3.87. The van der Waals surface area contributed by atoms with Crippen molar-refractivity contribution in [2.45, 2.75) is 0 Å². The average Bonchev–Trinajstić information content (AvgIpc) is 3.20. The zero-order chi connectivity index (χ0) is 18.7. The van der Waals surface area contributed by atoms with E-state index in [9.17, 15) is 14.0 Å². The Kier molecular flexibility index (Phi) is 4.94. The molecule has 3 rings (SSSR count). The SMILES string of the molecule is COC(=O)C1=C(C(=O)OC)N(c2ccc(-n3cncn3)c(F)c2)COC1. The van der Waals surface area contributed by atoms with Gasteiger partial charge in [0, 0.05) is 5.69 Å². The van der Waals surface area contributed by atoms with Gasteiger partial charge in [-0.1, -0.05) is 0 Å². The molecule has 0 N–H and O–H groups in total. The van der Waals surface area contributed by atoms with Crippen LogP contribution in [0.3, 0.4) is 0 Å². The fourth-order valence-corrected chi connectivity index (χ4v) is 2.53. The van der Waals surface area contributed by atoms with Gasteiger partial charge in [-0.3, -0.25) is 0 Å². The van der Waals surface area contributed by atoms with Crippen LogP contribution in [0.5, 0.6) is 0 Å². The first kappa shape index (κ1) is 17.5. The molecule has 0 fully saturated rings. The third-order valence-corrected chi connectivity index (χ3v) is 3.74. The van der Waals surface area contributed by atoms with Crippen LogP contribution in [0.4, 0.5) is 10.1 Å². The zero-order valence-electron chi connectivity index (χ0n) is 14.0. The molecule has 2 heterocycles. The Bertz CT molecular complexity index is 866. The highest BCUT2D eigenvalue weighted by atomic mass is 19.1. The number of hydrogen-bond acceptors (Lipinski definition) is 8. The number of carbonyl (C=O) groups excluding carboxylic acids is 2. The number of carbonyl (C=O) groups is 2. The van der Waals surface area contributed by atoms with Gasteiger partial charge < -0.3 is 19.1 Å². The summed E-state index contributed by atoms with van der Waals surface area (Å²) in [5.74, 6) is -2.08. The van der Waals surface area contributed by atoms with E-state index in [1.165, 1.54) is 48.6 Å². The van der Waals surface area contributed by atoms with Crippen LogP contribution in [0.1, 0.15) is 0 Å². The first-order valence-electron chi connectivity index (χ1n) is 7.46. The minimum atomic E-state index is -0.755. The van der Waals surface area contributed by atoms with Crippen molar-refractivity contribution in [1.29, 1.82) is 0 Å². The summed E-state index contributed by atoms with van der Waals surface area (Å²) in [5.41, 5.74) is 0.415. The second kappa shape index (κ2) is 7.31. The third-order valence-electron chi connectivity index (χ3n) is 3.74. The molecule has 2 aromatic rings. The highest BCUT2D eigenvalue weighted by Crippen LogP contribution is 2.28. The van der Waals surface area contributed by atoms with Gasteiger partial charge in [0.25, 0.3) is 0 Å². The van der Waals surface area contributed by atoms with Crippen LogP contribution in [0.25, 0.3) is 5.69 Å². The molecule has 10 heteroatoms. The van der Waals surface area contributed by atoms with Crippen LogP contribution in [-0.2, 0) is 23.8 Å². The number of aromatic nitrogens is 3. The summed E-state index contributed by atoms with van der Waals surface area (Å²) in [7, 11) is 2.38. The van der Waals surface area contributed by atoms with Crippen molar-refractivity contribution in [2.24, 2.45) is 0 Å². The topological polar surface area (TPSA) is 95.8 Å². The highest BCUT2D eigenvalue weighted by molar-refractivity contribution is 6.03. The smallest absolute Gasteiger partial charge is 0.355 e. The molecule has 0 atom stereocenters. The van der Waals surface area contributed by atoms with Crippen LogP contribution >= 0.6 is 0 Å². The average molecular weight is 362 g/mol. The number of hydrogen-bond donors (Lipinski definition) is 0. The predicted molar refractivity (Wildman–Crippen MR) is 85.7 cm³/mol. The fourth-order valence-electron chi connectivity index (χ4n) is 2.53. The Morgan fingerprint density at radius 2 is 2.00 bits per heavy atom. The third kappa shape index (κ3) is 3.14. The monoisotopic (exact) mass is 362 g/mol. The van der Waals surface area contributed by atoms with Gasteiger partial charge in [0.1, 0.15) is 30.8 Å². The molecule has 0 saturated carbocycles. The van der Waals surface area contributed by atoms with Crippen molar-refractivity contribution >= 4 is 17.6 Å². The van der Waals surface area contributed by atoms with E-state index in [0.29, 0.717) is 5.69 Å². The highest BCUT2D eigenvalue weighted by Gasteiger charge is 2.32. The number of ether oxygens (including phenoxy) is 3. The molecule has 0 saturated heterocycles. The molecule has 1 aromatic carbocycles. The number of halogens is 1. The zero-order valence-corrected chi connectivity index (χ0v) is 14.0. The van der Waals surface area contributed by atoms with Gasteiger partial charge >= 0.3 is 11.9 Å². The Morgan fingerprint density at radius 3 is 2.62 bits per heavy atom. The van der Waals surface area contributed by atoms with E-state index in [4.69, 9.17) is 9.47 Å². The summed E-state index contributed by atoms with van der Waals surface area (Å²) in [6.45, 7) is -0.180. The van der Waals surface area contributed by atoms with E-state index < -0.39 is 17.8 Å². The van der Waals surface area contributed by atoms with Crippen molar-refractivity contribution in [1.82, 2.24) is 14.8 Å². The van der Waals surface area contributed by atoms with Crippen molar-refractivity contribution < 1.29 is 28.2 Å². The molecule has 0 aliphatic carbocycles. The number of benzene rings is 1. The van der Waals surface area contributed by atoms with E-state index in [2.05, 4.69) is 14.8 Å². The predicted octanol–water partition coefficient (Wildman–Crippen LogP) is 0.801. The van der Waals surface area contributed by atoms with Crippen LogP contribution in [0.2, 0.25) is 0 Å². The molecular formula is C16H15FN4O5. The number of anilines is 1. The maximum absolute atomic E-state index is 14.5. The molecule has 26 heavy (non-hydrogen) atoms. The van der Waals surface area contributed by atoms with Gasteiger partial charge in [-0.25, -0.2) is 23.6 Å². The molecule has 1 aliphatic heterocycles. The summed E-state index contributed by atoms with van der Waals surface area (Å²) in [6, 6.07) is 4.23. The van der Waals surface area contributed by atoms with E-state index >= 15 is 0 Å². The Morgan fingerprint density at radius 1 is 1.23 bits per heavy atom. The Hall–Kier alpha value is -3.27. The molecule has 1 aliphatic rings. The molecule has 1 aromatic heterocycles. The van der Waals surface area contributed by atoms with Gasteiger partial charge in [-0.2, -0.15) is 5.10 Å². The number of methoxy groups -OCH3 is 2. The van der Waals surface area contributed by atoms with Gasteiger partial charge in [-0.15, -0.1) is 0 Å². The summed E-state index contributed by atoms with van der Waals surface area (Å²) in [4.78, 5) is 29.3. The van der Waals surface area contributed by atoms with Crippen LogP contribution in [0.15, 0.2) is 42.1 Å². The fraction of sp³-hybridized carbons (Fsp3) is 0.250. The second-order valence-corrected chi connectivity index (χ2v) is 5.19. The molecule has 136 valence electrons. The lowest BCUT2D eigenvalue weighted by Crippen LogP contribution is -2.38. The molecule has 9 nitrogen and oxygen atoms in total. The van der Waals surface area contributed by atoms with Crippen molar-refractivity contribution in [3.63, 3.8) is 0 Å². The van der Waals surface area contributed by atoms with E-state index in [0.717, 1.165) is 0 Å². The lowest BCUT2D eigenvalue weighted by molar-refractivity contribution is -0.140. The van der Waals surface area contributed by atoms with Crippen LogP contribution in [0, 0.1) is 5.82 Å². The summed E-state index contributed by atoms with van der Waals surface area (Å²) < 4.78 is 30.6. The van der Waals surface area contributed by atoms with Crippen LogP contribution < -0.4 is 4.90 Å². The second-order valence-electron chi connectivity index (χ2n) is 5.19. The maximum atomic E-state index is 14.5. The largest absolute Gasteiger partial charge is 0.466 e. The maximum Gasteiger partial charge on any atom is 0.355 e. The lowest BCUT2D eigenvalue weighted by Gasteiger charge is -2.31. The quantitative estimate of drug-likeness (QED) is 0.737. The lowest BCUT2D eigenvalue weighted by atomic mass is 10.1. The minimum Gasteiger partial charge on any atom is -0.466 e. The molecule has 0 spiro atoms. The van der Waals surface area contributed by atoms with Crippen LogP contribution in [-0.4, -0.2) is 54.3 Å². The van der Waals surface area contributed by atoms with Gasteiger partial charge in [-0.05, 0) is 18.2 Å². The standard InChI is InChI=1S/C16H15FN4O5/c1-24-15(22)11-6-26-9-20(14(11)16(23)25-2)10-3-4-13(12(17)5-10)21-8-18-7-19-21/h3-5,7-8H,6,9H2,1-2H3. The van der Waals surface area contributed by atoms with Gasteiger partial charge in [0.05, 0.1) is 26.4 Å². The van der Waals surface area contributed by atoms with E-state index in [-0.39, 0.29) is 30.3 Å². The first-order chi connectivity index (χ1) is 12.6. The van der Waals surface area contributed by atoms with Gasteiger partial charge in [0.15, 0.2) is 5.82 Å². The minimum absolute atomic E-state index is 0.00800. The molecule has 0 unspecified atom stereocenters. The number of esters is 2. The molecule has 0 amide bonds. The van der Waals surface area contributed by atoms with Crippen molar-refractivity contribution in [2.75, 3.05) is 32.5 Å². The van der Waals surface area contributed by atoms with Gasteiger partial charge in [0.2, 0.25) is 0 Å². The summed E-state index contributed by atoms with van der Waals surface area (Å²) >= 11 is 0. The summed E-state index contributed by atoms with van der Waals surface area (Å²) in [6.07, 6.45) is 2.64. The van der Waals surface area contributed by atoms with Crippen molar-refractivity contribution in [3.05, 3.63) is 47.9 Å². The molecular weight excluding hydrogens is 347 g/mol. The molecule has 0 radical (unpaired) electrons. The van der Waals surface area contributed by atoms with E-state index in [1.54, 1.807) is 6.07 Å². The first-order valence-corrected chi connectivity index (χ1v) is 7.46. The number of rotatable bonds is 4.